The summed E-state index contributed by atoms with van der Waals surface area (Å²) in [6.07, 6.45) is -4.74. The molecule has 0 aliphatic rings. The van der Waals surface area contributed by atoms with Gasteiger partial charge in [-0.15, -0.1) is 0 Å². The molecule has 2 atom stereocenters. The second kappa shape index (κ2) is 10.3. The molecule has 0 rings (SSSR count). The fourth-order valence-corrected chi connectivity index (χ4v) is 0.839. The molecule has 12 heteroatoms. The van der Waals surface area contributed by atoms with Gasteiger partial charge in [-0.1, -0.05) is 6.58 Å². The zero-order valence-electron chi connectivity index (χ0n) is 11.7. The number of nitriles is 2. The highest BCUT2D eigenvalue weighted by Gasteiger charge is 2.21. The summed E-state index contributed by atoms with van der Waals surface area (Å²) in [5.74, 6) is -2.97. The van der Waals surface area contributed by atoms with Gasteiger partial charge in [0.05, 0.1) is 6.61 Å². The zero-order chi connectivity index (χ0) is 18.7. The molecule has 0 fully saturated rings. The van der Waals surface area contributed by atoms with E-state index < -0.39 is 48.1 Å². The molecule has 2 unspecified atom stereocenters. The van der Waals surface area contributed by atoms with Crippen molar-refractivity contribution in [3.63, 3.8) is 0 Å². The fraction of sp³-hybridized carbons (Fsp3) is 0.250. The summed E-state index contributed by atoms with van der Waals surface area (Å²) in [6.45, 7) is 2.10. The normalized spacial score (nSPS) is 12.6. The topological polar surface area (TPSA) is 196 Å². The van der Waals surface area contributed by atoms with Crippen LogP contribution in [0.15, 0.2) is 23.8 Å². The monoisotopic (exact) mass is 342 g/mol. The van der Waals surface area contributed by atoms with Gasteiger partial charge in [0.2, 0.25) is 0 Å². The number of nitrogens with zero attached hydrogens (tertiary/aromatic N) is 2. The molecule has 0 aromatic rings. The molecular weight excluding hydrogens is 332 g/mol. The van der Waals surface area contributed by atoms with Crippen LogP contribution in [0.25, 0.3) is 0 Å². The molecule has 0 aliphatic heterocycles. The van der Waals surface area contributed by atoms with Gasteiger partial charge < -0.3 is 15.3 Å². The van der Waals surface area contributed by atoms with Gasteiger partial charge in [0.25, 0.3) is 0 Å². The third-order valence-electron chi connectivity index (χ3n) is 2.01. The SMILES string of the molecule is C=C(C#N)C(=O)OOC(=O)OOC(=O)/C(C#N)=C/C(O)C(O)CO. The number of aliphatic hydroxyl groups excluding tert-OH is 3. The first-order valence-electron chi connectivity index (χ1n) is 5.76. The lowest BCUT2D eigenvalue weighted by molar-refractivity contribution is -0.289. The summed E-state index contributed by atoms with van der Waals surface area (Å²) in [5, 5.41) is 43.9. The van der Waals surface area contributed by atoms with Crippen molar-refractivity contribution in [3.05, 3.63) is 23.8 Å². The van der Waals surface area contributed by atoms with Crippen LogP contribution in [-0.4, -0.2) is 52.2 Å². The molecule has 0 aromatic carbocycles. The maximum absolute atomic E-state index is 11.4. The van der Waals surface area contributed by atoms with Crippen LogP contribution in [-0.2, 0) is 29.1 Å². The highest BCUT2D eigenvalue weighted by atomic mass is 17.3. The van der Waals surface area contributed by atoms with Crippen LogP contribution in [0, 0.1) is 22.7 Å². The predicted molar refractivity (Wildman–Crippen MR) is 67.3 cm³/mol. The lowest BCUT2D eigenvalue weighted by Gasteiger charge is -2.11. The standard InChI is InChI=1S/C12H10N2O10/c1-6(3-13)10(18)21-23-12(20)24-22-11(19)7(4-14)2-8(16)9(17)5-15/h2,8-9,15-17H,1,5H2/b7-2+. The number of carbonyl (C=O) groups excluding carboxylic acids is 3. The smallest absolute Gasteiger partial charge is 0.394 e. The van der Waals surface area contributed by atoms with E-state index >= 15 is 0 Å². The summed E-state index contributed by atoms with van der Waals surface area (Å²) in [6, 6.07) is 2.58. The van der Waals surface area contributed by atoms with Gasteiger partial charge in [-0.3, -0.25) is 0 Å². The largest absolute Gasteiger partial charge is 0.592 e. The molecular formula is C12H10N2O10. The first-order valence-corrected chi connectivity index (χ1v) is 5.76. The Bertz CT molecular complexity index is 627. The molecule has 0 spiro atoms. The maximum Gasteiger partial charge on any atom is 0.592 e. The third-order valence-corrected chi connectivity index (χ3v) is 2.01. The number of rotatable bonds is 5. The van der Waals surface area contributed by atoms with Crippen molar-refractivity contribution in [1.82, 2.24) is 0 Å². The summed E-state index contributed by atoms with van der Waals surface area (Å²) < 4.78 is 0. The first-order chi connectivity index (χ1) is 11.3. The summed E-state index contributed by atoms with van der Waals surface area (Å²) in [4.78, 5) is 48.2. The Kier molecular flexibility index (Phi) is 8.82. The second-order valence-corrected chi connectivity index (χ2v) is 3.68. The summed E-state index contributed by atoms with van der Waals surface area (Å²) in [7, 11) is 0. The van der Waals surface area contributed by atoms with E-state index in [0.717, 1.165) is 0 Å². The quantitative estimate of drug-likeness (QED) is 0.222. The Morgan fingerprint density at radius 2 is 1.58 bits per heavy atom. The van der Waals surface area contributed by atoms with Crippen LogP contribution in [0.3, 0.4) is 0 Å². The molecule has 128 valence electrons. The van der Waals surface area contributed by atoms with Crippen LogP contribution in [0.4, 0.5) is 4.79 Å². The molecule has 0 amide bonds. The average molecular weight is 342 g/mol. The molecule has 3 N–H and O–H groups in total. The molecule has 0 heterocycles. The second-order valence-electron chi connectivity index (χ2n) is 3.68. The maximum atomic E-state index is 11.4. The van der Waals surface area contributed by atoms with Gasteiger partial charge in [0.1, 0.15) is 35.5 Å². The van der Waals surface area contributed by atoms with E-state index in [9.17, 15) is 19.5 Å². The zero-order valence-corrected chi connectivity index (χ0v) is 11.7. The van der Waals surface area contributed by atoms with Crippen molar-refractivity contribution in [3.8, 4) is 12.1 Å². The molecule has 12 nitrogen and oxygen atoms in total. The Balaban J connectivity index is 4.51. The van der Waals surface area contributed by atoms with Crippen molar-refractivity contribution in [2.24, 2.45) is 0 Å². The minimum absolute atomic E-state index is 0.537. The predicted octanol–water partition coefficient (Wildman–Crippen LogP) is -1.70. The third kappa shape index (κ3) is 7.01. The lowest BCUT2D eigenvalue weighted by Crippen LogP contribution is -2.28. The van der Waals surface area contributed by atoms with Crippen molar-refractivity contribution >= 4 is 18.1 Å². The molecule has 0 aromatic heterocycles. The van der Waals surface area contributed by atoms with E-state index in [1.54, 1.807) is 0 Å². The van der Waals surface area contributed by atoms with Crippen LogP contribution < -0.4 is 0 Å². The fourth-order valence-electron chi connectivity index (χ4n) is 0.839. The van der Waals surface area contributed by atoms with Gasteiger partial charge in [0.15, 0.2) is 0 Å². The molecule has 0 radical (unpaired) electrons. The van der Waals surface area contributed by atoms with E-state index in [1.165, 1.54) is 12.1 Å². The number of hydrogen-bond donors (Lipinski definition) is 3. The number of hydrogen-bond acceptors (Lipinski definition) is 12. The Morgan fingerprint density at radius 3 is 2.04 bits per heavy atom. The van der Waals surface area contributed by atoms with E-state index in [2.05, 4.69) is 26.1 Å². The van der Waals surface area contributed by atoms with Gasteiger partial charge in [0, 0.05) is 0 Å². The van der Waals surface area contributed by atoms with Gasteiger partial charge in [-0.05, 0) is 6.08 Å². The van der Waals surface area contributed by atoms with Gasteiger partial charge >= 0.3 is 18.1 Å². The minimum Gasteiger partial charge on any atom is -0.394 e. The van der Waals surface area contributed by atoms with Crippen LogP contribution in [0.2, 0.25) is 0 Å². The van der Waals surface area contributed by atoms with E-state index in [-0.39, 0.29) is 0 Å². The molecule has 0 saturated carbocycles. The van der Waals surface area contributed by atoms with Crippen LogP contribution >= 0.6 is 0 Å². The molecule has 0 aliphatic carbocycles. The highest BCUT2D eigenvalue weighted by Crippen LogP contribution is 2.04. The Morgan fingerprint density at radius 1 is 1.04 bits per heavy atom. The van der Waals surface area contributed by atoms with E-state index in [4.69, 9.17) is 20.7 Å². The Hall–Kier alpha value is -3.45. The molecule has 0 saturated heterocycles. The average Bonchev–Trinajstić information content (AvgIpc) is 2.59. The van der Waals surface area contributed by atoms with E-state index in [1.807, 2.05) is 0 Å². The van der Waals surface area contributed by atoms with Gasteiger partial charge in [-0.2, -0.15) is 15.3 Å². The van der Waals surface area contributed by atoms with Gasteiger partial charge in [-0.25, -0.2) is 29.1 Å². The van der Waals surface area contributed by atoms with Crippen molar-refractivity contribution in [2.75, 3.05) is 6.61 Å². The summed E-state index contributed by atoms with van der Waals surface area (Å²) in [5.41, 5.74) is -1.57. The summed E-state index contributed by atoms with van der Waals surface area (Å²) >= 11 is 0. The van der Waals surface area contributed by atoms with Crippen molar-refractivity contribution in [2.45, 2.75) is 12.2 Å². The van der Waals surface area contributed by atoms with Crippen molar-refractivity contribution in [1.29, 1.82) is 10.5 Å². The van der Waals surface area contributed by atoms with E-state index in [0.29, 0.717) is 6.08 Å². The van der Waals surface area contributed by atoms with Crippen LogP contribution in [0.1, 0.15) is 0 Å². The minimum atomic E-state index is -1.84. The molecule has 0 bridgehead atoms. The van der Waals surface area contributed by atoms with Crippen molar-refractivity contribution < 1.29 is 49.3 Å². The molecule has 24 heavy (non-hydrogen) atoms. The lowest BCUT2D eigenvalue weighted by atomic mass is 10.1. The number of carbonyl (C=O) groups is 3. The number of aliphatic hydroxyl groups is 3. The van der Waals surface area contributed by atoms with Crippen LogP contribution in [0.5, 0.6) is 0 Å². The first kappa shape index (κ1) is 20.6. The highest BCUT2D eigenvalue weighted by molar-refractivity contribution is 5.93. The Labute approximate surface area is 133 Å².